The van der Waals surface area contributed by atoms with E-state index < -0.39 is 17.7 Å². The largest absolute Gasteiger partial charge is 0.507 e. The van der Waals surface area contributed by atoms with Gasteiger partial charge in [0.05, 0.1) is 18.2 Å². The fourth-order valence-corrected chi connectivity index (χ4v) is 4.23. The second-order valence-corrected chi connectivity index (χ2v) is 8.56. The number of likely N-dealkylation sites (N-methyl/N-ethyl adjacent to an activating group) is 1. The molecule has 0 bridgehead atoms. The van der Waals surface area contributed by atoms with Crippen LogP contribution in [-0.4, -0.2) is 66.0 Å². The molecular formula is C29H36N2O5. The minimum atomic E-state index is -0.704. The van der Waals surface area contributed by atoms with Crippen LogP contribution in [-0.2, 0) is 9.59 Å². The molecule has 1 fully saturated rings. The second kappa shape index (κ2) is 12.9. The van der Waals surface area contributed by atoms with E-state index in [0.29, 0.717) is 43.4 Å². The molecule has 7 nitrogen and oxygen atoms in total. The molecular weight excluding hydrogens is 456 g/mol. The minimum Gasteiger partial charge on any atom is -0.507 e. The summed E-state index contributed by atoms with van der Waals surface area (Å²) in [6.45, 7) is 13.4. The third kappa shape index (κ3) is 6.15. The lowest BCUT2D eigenvalue weighted by molar-refractivity contribution is -0.140. The Kier molecular flexibility index (Phi) is 9.70. The van der Waals surface area contributed by atoms with E-state index in [2.05, 4.69) is 25.3 Å². The average molecular weight is 493 g/mol. The van der Waals surface area contributed by atoms with Crippen LogP contribution in [0, 0.1) is 0 Å². The number of ether oxygens (including phenoxy) is 2. The molecule has 1 atom stereocenters. The monoisotopic (exact) mass is 492 g/mol. The van der Waals surface area contributed by atoms with E-state index >= 15 is 0 Å². The number of aliphatic hydroxyl groups excluding tert-OH is 1. The van der Waals surface area contributed by atoms with E-state index in [1.807, 2.05) is 19.1 Å². The number of aliphatic hydroxyl groups is 1. The molecule has 3 rings (SSSR count). The second-order valence-electron chi connectivity index (χ2n) is 8.56. The average Bonchev–Trinajstić information content (AvgIpc) is 3.16. The highest BCUT2D eigenvalue weighted by Gasteiger charge is 2.46. The Morgan fingerprint density at radius 2 is 1.61 bits per heavy atom. The highest BCUT2D eigenvalue weighted by atomic mass is 16.5. The van der Waals surface area contributed by atoms with Crippen LogP contribution in [0.5, 0.6) is 11.5 Å². The minimum absolute atomic E-state index is 0.0848. The molecule has 0 aromatic heterocycles. The van der Waals surface area contributed by atoms with Gasteiger partial charge in [0.2, 0.25) is 0 Å². The SMILES string of the molecule is C=CCOc1ccc([C@H]2C(=C(O)c3ccc(OCCC)cc3)C(=O)C(=O)N2CCN(CC)CC)cc1. The van der Waals surface area contributed by atoms with Gasteiger partial charge in [0.1, 0.15) is 23.9 Å². The molecule has 36 heavy (non-hydrogen) atoms. The van der Waals surface area contributed by atoms with Gasteiger partial charge in [-0.3, -0.25) is 9.59 Å². The smallest absolute Gasteiger partial charge is 0.295 e. The zero-order chi connectivity index (χ0) is 26.1. The van der Waals surface area contributed by atoms with Crippen LogP contribution in [0.15, 0.2) is 66.8 Å². The van der Waals surface area contributed by atoms with Crippen molar-refractivity contribution in [2.75, 3.05) is 39.4 Å². The molecule has 2 aromatic rings. The van der Waals surface area contributed by atoms with Gasteiger partial charge in [0, 0.05) is 18.7 Å². The zero-order valence-corrected chi connectivity index (χ0v) is 21.4. The first-order valence-corrected chi connectivity index (χ1v) is 12.5. The molecule has 1 heterocycles. The summed E-state index contributed by atoms with van der Waals surface area (Å²) in [7, 11) is 0. The Morgan fingerprint density at radius 1 is 1.00 bits per heavy atom. The van der Waals surface area contributed by atoms with E-state index in [1.165, 1.54) is 0 Å². The number of hydrogen-bond acceptors (Lipinski definition) is 6. The van der Waals surface area contributed by atoms with Gasteiger partial charge < -0.3 is 24.4 Å². The lowest BCUT2D eigenvalue weighted by atomic mass is 9.95. The van der Waals surface area contributed by atoms with Gasteiger partial charge in [-0.05, 0) is 61.5 Å². The molecule has 0 radical (unpaired) electrons. The van der Waals surface area contributed by atoms with Crippen LogP contribution in [0.1, 0.15) is 44.4 Å². The van der Waals surface area contributed by atoms with E-state index in [1.54, 1.807) is 47.4 Å². The van der Waals surface area contributed by atoms with Crippen molar-refractivity contribution < 1.29 is 24.2 Å². The standard InChI is InChI=1S/C29H36N2O5/c1-5-19-35-23-13-9-21(10-14-23)26-25(27(32)22-11-15-24(16-12-22)36-20-6-2)28(33)29(34)31(26)18-17-30(7-3)8-4/h5,9-16,26,32H,1,6-8,17-20H2,2-4H3/t26-/m0/s1. The molecule has 0 unspecified atom stereocenters. The molecule has 192 valence electrons. The molecule has 7 heteroatoms. The van der Waals surface area contributed by atoms with Crippen LogP contribution in [0.3, 0.4) is 0 Å². The summed E-state index contributed by atoms with van der Waals surface area (Å²) in [5.41, 5.74) is 1.27. The first-order chi connectivity index (χ1) is 17.4. The molecule has 0 aliphatic carbocycles. The quantitative estimate of drug-likeness (QED) is 0.187. The summed E-state index contributed by atoms with van der Waals surface area (Å²) in [5.74, 6) is -0.155. The first kappa shape index (κ1) is 27.0. The van der Waals surface area contributed by atoms with Gasteiger partial charge in [-0.2, -0.15) is 0 Å². The Balaban J connectivity index is 2.01. The van der Waals surface area contributed by atoms with Crippen molar-refractivity contribution in [2.45, 2.75) is 33.2 Å². The number of likely N-dealkylation sites (tertiary alicyclic amines) is 1. The normalized spacial score (nSPS) is 17.0. The van der Waals surface area contributed by atoms with Crippen LogP contribution in [0.2, 0.25) is 0 Å². The van der Waals surface area contributed by atoms with E-state index in [-0.39, 0.29) is 11.3 Å². The number of carbonyl (C=O) groups excluding carboxylic acids is 2. The highest BCUT2D eigenvalue weighted by Crippen LogP contribution is 2.39. The van der Waals surface area contributed by atoms with Crippen LogP contribution >= 0.6 is 0 Å². The van der Waals surface area contributed by atoms with Gasteiger partial charge in [-0.15, -0.1) is 0 Å². The molecule has 1 saturated heterocycles. The number of rotatable bonds is 13. The van der Waals surface area contributed by atoms with Gasteiger partial charge in [0.25, 0.3) is 11.7 Å². The summed E-state index contributed by atoms with van der Waals surface area (Å²) in [5, 5.41) is 11.3. The Morgan fingerprint density at radius 3 is 2.19 bits per heavy atom. The predicted molar refractivity (Wildman–Crippen MR) is 141 cm³/mol. The van der Waals surface area contributed by atoms with E-state index in [0.717, 1.165) is 25.1 Å². The number of benzene rings is 2. The number of ketones is 1. The van der Waals surface area contributed by atoms with Crippen LogP contribution in [0.25, 0.3) is 5.76 Å². The van der Waals surface area contributed by atoms with Gasteiger partial charge in [-0.25, -0.2) is 0 Å². The molecule has 1 aliphatic heterocycles. The van der Waals surface area contributed by atoms with Crippen molar-refractivity contribution in [1.29, 1.82) is 0 Å². The van der Waals surface area contributed by atoms with Gasteiger partial charge in [0.15, 0.2) is 0 Å². The van der Waals surface area contributed by atoms with Crippen molar-refractivity contribution in [2.24, 2.45) is 0 Å². The summed E-state index contributed by atoms with van der Waals surface area (Å²) >= 11 is 0. The van der Waals surface area contributed by atoms with E-state index in [4.69, 9.17) is 9.47 Å². The van der Waals surface area contributed by atoms with Crippen molar-refractivity contribution in [3.63, 3.8) is 0 Å². The van der Waals surface area contributed by atoms with E-state index in [9.17, 15) is 14.7 Å². The molecule has 1 N–H and O–H groups in total. The topological polar surface area (TPSA) is 79.3 Å². The molecule has 1 amide bonds. The fraction of sp³-hybridized carbons (Fsp3) is 0.379. The van der Waals surface area contributed by atoms with Gasteiger partial charge >= 0.3 is 0 Å². The Hall–Kier alpha value is -3.58. The maximum atomic E-state index is 13.2. The summed E-state index contributed by atoms with van der Waals surface area (Å²) < 4.78 is 11.2. The van der Waals surface area contributed by atoms with Crippen molar-refractivity contribution in [3.05, 3.63) is 77.9 Å². The number of Topliss-reactive ketones (excluding diaryl/α,β-unsaturated/α-hetero) is 1. The number of nitrogens with zero attached hydrogens (tertiary/aromatic N) is 2. The lowest BCUT2D eigenvalue weighted by Crippen LogP contribution is -2.38. The summed E-state index contributed by atoms with van der Waals surface area (Å²) in [6, 6.07) is 13.4. The zero-order valence-electron chi connectivity index (χ0n) is 21.4. The number of amides is 1. The third-order valence-electron chi connectivity index (χ3n) is 6.26. The lowest BCUT2D eigenvalue weighted by Gasteiger charge is -2.28. The number of hydrogen-bond donors (Lipinski definition) is 1. The predicted octanol–water partition coefficient (Wildman–Crippen LogP) is 4.80. The fourth-order valence-electron chi connectivity index (χ4n) is 4.23. The molecule has 0 spiro atoms. The first-order valence-electron chi connectivity index (χ1n) is 12.5. The summed E-state index contributed by atoms with van der Waals surface area (Å²) in [4.78, 5) is 30.1. The molecule has 1 aliphatic rings. The Labute approximate surface area is 213 Å². The third-order valence-corrected chi connectivity index (χ3v) is 6.26. The van der Waals surface area contributed by atoms with Crippen molar-refractivity contribution in [3.8, 4) is 11.5 Å². The van der Waals surface area contributed by atoms with Crippen LogP contribution < -0.4 is 9.47 Å². The Bertz CT molecular complexity index is 1070. The van der Waals surface area contributed by atoms with Gasteiger partial charge in [-0.1, -0.05) is 45.6 Å². The van der Waals surface area contributed by atoms with Crippen LogP contribution in [0.4, 0.5) is 0 Å². The highest BCUT2D eigenvalue weighted by molar-refractivity contribution is 6.46. The molecule has 2 aromatic carbocycles. The molecule has 0 saturated carbocycles. The maximum Gasteiger partial charge on any atom is 0.295 e. The van der Waals surface area contributed by atoms with Crippen molar-refractivity contribution in [1.82, 2.24) is 9.80 Å². The number of carbonyl (C=O) groups is 2. The summed E-state index contributed by atoms with van der Waals surface area (Å²) in [6.07, 6.45) is 2.55. The van der Waals surface area contributed by atoms with Crippen molar-refractivity contribution >= 4 is 17.4 Å². The maximum absolute atomic E-state index is 13.2.